The van der Waals surface area contributed by atoms with Gasteiger partial charge in [-0.05, 0) is 87.9 Å². The number of nitrogens with one attached hydrogen (secondary N) is 2. The Labute approximate surface area is 197 Å². The van der Waals surface area contributed by atoms with Crippen LogP contribution in [0.25, 0.3) is 0 Å². The molecular weight excluding hydrogens is 412 g/mol. The largest absolute Gasteiger partial charge is 0.352 e. The molecule has 0 aliphatic carbocycles. The number of rotatable bonds is 6. The fourth-order valence-electron chi connectivity index (χ4n) is 4.87. The molecule has 2 aromatic carbocycles. The number of carbonyl (C=O) groups is 2. The second kappa shape index (κ2) is 11.3. The summed E-state index contributed by atoms with van der Waals surface area (Å²) in [4.78, 5) is 29.8. The molecular formula is C27H36N4O2. The Morgan fingerprint density at radius 2 is 1.76 bits per heavy atom. The number of nitrogens with zero attached hydrogens (tertiary/aromatic N) is 2. The number of urea groups is 1. The number of aryl methyl sites for hydroxylation is 1. The van der Waals surface area contributed by atoms with Crippen molar-refractivity contribution in [1.82, 2.24) is 10.2 Å². The Morgan fingerprint density at radius 1 is 0.970 bits per heavy atom. The normalized spacial score (nSPS) is 18.8. The zero-order valence-electron chi connectivity index (χ0n) is 19.7. The quantitative estimate of drug-likeness (QED) is 0.608. The smallest absolute Gasteiger partial charge is 0.326 e. The van der Waals surface area contributed by atoms with E-state index < -0.39 is 0 Å². The van der Waals surface area contributed by atoms with E-state index in [1.165, 1.54) is 31.4 Å². The zero-order valence-corrected chi connectivity index (χ0v) is 19.7. The van der Waals surface area contributed by atoms with Crippen LogP contribution in [0.15, 0.2) is 48.5 Å². The van der Waals surface area contributed by atoms with Crippen molar-refractivity contribution in [2.75, 3.05) is 36.4 Å². The third-order valence-electron chi connectivity index (χ3n) is 6.85. The molecule has 6 nitrogen and oxygen atoms in total. The number of para-hydroxylation sites is 1. The molecule has 0 radical (unpaired) electrons. The Kier molecular flexibility index (Phi) is 8.00. The summed E-state index contributed by atoms with van der Waals surface area (Å²) in [6.07, 6.45) is 7.92. The molecule has 2 aromatic rings. The van der Waals surface area contributed by atoms with Crippen molar-refractivity contribution < 1.29 is 9.59 Å². The van der Waals surface area contributed by atoms with Crippen molar-refractivity contribution in [3.05, 3.63) is 59.7 Å². The number of anilines is 2. The van der Waals surface area contributed by atoms with Gasteiger partial charge < -0.3 is 15.5 Å². The Bertz CT molecular complexity index is 943. The van der Waals surface area contributed by atoms with Gasteiger partial charge in [0.05, 0.1) is 0 Å². The Balaban J connectivity index is 1.26. The molecule has 2 aliphatic rings. The average Bonchev–Trinajstić information content (AvgIpc) is 3.06. The van der Waals surface area contributed by atoms with E-state index in [-0.39, 0.29) is 11.9 Å². The van der Waals surface area contributed by atoms with Crippen LogP contribution in [-0.2, 0) is 6.42 Å². The molecule has 1 atom stereocenters. The third kappa shape index (κ3) is 6.14. The highest BCUT2D eigenvalue weighted by molar-refractivity contribution is 6.02. The van der Waals surface area contributed by atoms with Gasteiger partial charge in [-0.3, -0.25) is 9.69 Å². The fraction of sp³-hybridized carbons (Fsp3) is 0.481. The lowest BCUT2D eigenvalue weighted by atomic mass is 10.0. The Morgan fingerprint density at radius 3 is 2.58 bits per heavy atom. The van der Waals surface area contributed by atoms with Crippen molar-refractivity contribution in [2.45, 2.75) is 57.9 Å². The summed E-state index contributed by atoms with van der Waals surface area (Å²) >= 11 is 0. The van der Waals surface area contributed by atoms with Crippen LogP contribution < -0.4 is 15.5 Å². The standard InChI is InChI=1S/C27H36N4O2/c1-21-9-4-6-18-30(21)19-8-17-28-26(32)23-13-15-24(16-14-23)29-27(33)31-20-7-5-11-22-10-2-3-12-25(22)31/h2-3,10,12-16,21H,4-9,11,17-20H2,1H3,(H,28,32)(H,29,33)/t21-/m1/s1. The molecule has 4 rings (SSSR count). The minimum Gasteiger partial charge on any atom is -0.352 e. The molecule has 0 unspecified atom stereocenters. The highest BCUT2D eigenvalue weighted by Gasteiger charge is 2.21. The van der Waals surface area contributed by atoms with Gasteiger partial charge in [-0.15, -0.1) is 0 Å². The van der Waals surface area contributed by atoms with E-state index in [4.69, 9.17) is 0 Å². The number of benzene rings is 2. The maximum Gasteiger partial charge on any atom is 0.326 e. The van der Waals surface area contributed by atoms with E-state index in [2.05, 4.69) is 28.5 Å². The molecule has 1 fully saturated rings. The third-order valence-corrected chi connectivity index (χ3v) is 6.85. The number of hydrogen-bond donors (Lipinski definition) is 2. The van der Waals surface area contributed by atoms with Crippen LogP contribution in [0.2, 0.25) is 0 Å². The van der Waals surface area contributed by atoms with E-state index in [9.17, 15) is 9.59 Å². The van der Waals surface area contributed by atoms with Gasteiger partial charge in [0.25, 0.3) is 5.91 Å². The molecule has 2 heterocycles. The van der Waals surface area contributed by atoms with Gasteiger partial charge in [0, 0.05) is 42.6 Å². The predicted octanol–water partition coefficient (Wildman–Crippen LogP) is 5.06. The van der Waals surface area contributed by atoms with Crippen molar-refractivity contribution >= 4 is 23.3 Å². The lowest BCUT2D eigenvalue weighted by Crippen LogP contribution is -2.39. The van der Waals surface area contributed by atoms with Gasteiger partial charge in [0.1, 0.15) is 0 Å². The monoisotopic (exact) mass is 448 g/mol. The first kappa shape index (κ1) is 23.3. The first-order valence-electron chi connectivity index (χ1n) is 12.4. The summed E-state index contributed by atoms with van der Waals surface area (Å²) in [7, 11) is 0. The molecule has 0 bridgehead atoms. The number of hydrogen-bond acceptors (Lipinski definition) is 3. The lowest BCUT2D eigenvalue weighted by Gasteiger charge is -2.33. The van der Waals surface area contributed by atoms with Gasteiger partial charge in [0.15, 0.2) is 0 Å². The van der Waals surface area contributed by atoms with Crippen LogP contribution in [-0.4, -0.2) is 49.1 Å². The highest BCUT2D eigenvalue weighted by atomic mass is 16.2. The van der Waals surface area contributed by atoms with E-state index >= 15 is 0 Å². The van der Waals surface area contributed by atoms with Crippen molar-refractivity contribution in [3.63, 3.8) is 0 Å². The van der Waals surface area contributed by atoms with Crippen LogP contribution in [0.4, 0.5) is 16.2 Å². The summed E-state index contributed by atoms with van der Waals surface area (Å²) in [5.41, 5.74) is 3.51. The maximum absolute atomic E-state index is 13.0. The van der Waals surface area contributed by atoms with Crippen molar-refractivity contribution in [3.8, 4) is 0 Å². The van der Waals surface area contributed by atoms with Gasteiger partial charge in [0.2, 0.25) is 0 Å². The maximum atomic E-state index is 13.0. The highest BCUT2D eigenvalue weighted by Crippen LogP contribution is 2.26. The molecule has 6 heteroatoms. The molecule has 33 heavy (non-hydrogen) atoms. The van der Waals surface area contributed by atoms with Gasteiger partial charge in [-0.2, -0.15) is 0 Å². The van der Waals surface area contributed by atoms with Gasteiger partial charge in [-0.25, -0.2) is 4.79 Å². The molecule has 1 saturated heterocycles. The molecule has 0 spiro atoms. The Hall–Kier alpha value is -2.86. The molecule has 176 valence electrons. The van der Waals surface area contributed by atoms with Crippen molar-refractivity contribution in [1.29, 1.82) is 0 Å². The van der Waals surface area contributed by atoms with Gasteiger partial charge in [-0.1, -0.05) is 24.6 Å². The number of amides is 3. The summed E-state index contributed by atoms with van der Waals surface area (Å²) < 4.78 is 0. The minimum atomic E-state index is -0.131. The topological polar surface area (TPSA) is 64.7 Å². The van der Waals surface area contributed by atoms with Crippen LogP contribution >= 0.6 is 0 Å². The molecule has 2 aliphatic heterocycles. The second-order valence-electron chi connectivity index (χ2n) is 9.24. The minimum absolute atomic E-state index is 0.0685. The first-order chi connectivity index (χ1) is 16.1. The van der Waals surface area contributed by atoms with Gasteiger partial charge >= 0.3 is 6.03 Å². The number of piperidine rings is 1. The van der Waals surface area contributed by atoms with Crippen molar-refractivity contribution in [2.24, 2.45) is 0 Å². The summed E-state index contributed by atoms with van der Waals surface area (Å²) in [6, 6.07) is 15.8. The lowest BCUT2D eigenvalue weighted by molar-refractivity contribution is 0.0949. The summed E-state index contributed by atoms with van der Waals surface area (Å²) in [5, 5.41) is 6.01. The average molecular weight is 449 g/mol. The fourth-order valence-corrected chi connectivity index (χ4v) is 4.87. The second-order valence-corrected chi connectivity index (χ2v) is 9.24. The first-order valence-corrected chi connectivity index (χ1v) is 12.4. The number of fused-ring (bicyclic) bond motifs is 1. The predicted molar refractivity (Wildman–Crippen MR) is 134 cm³/mol. The SMILES string of the molecule is C[C@@H]1CCCCN1CCCNC(=O)c1ccc(NC(=O)N2CCCCc3ccccc32)cc1. The van der Waals surface area contributed by atoms with E-state index in [1.807, 2.05) is 23.1 Å². The zero-order chi connectivity index (χ0) is 23.0. The number of carbonyl (C=O) groups excluding carboxylic acids is 2. The molecule has 0 aromatic heterocycles. The van der Waals surface area contributed by atoms with Crippen LogP contribution in [0.5, 0.6) is 0 Å². The molecule has 2 N–H and O–H groups in total. The van der Waals surface area contributed by atoms with Crippen LogP contribution in [0, 0.1) is 0 Å². The van der Waals surface area contributed by atoms with Crippen LogP contribution in [0.3, 0.4) is 0 Å². The van der Waals surface area contributed by atoms with E-state index in [0.29, 0.717) is 30.4 Å². The number of likely N-dealkylation sites (tertiary alicyclic amines) is 1. The molecule has 3 amide bonds. The summed E-state index contributed by atoms with van der Waals surface area (Å²) in [6.45, 7) is 5.88. The van der Waals surface area contributed by atoms with E-state index in [0.717, 1.165) is 37.9 Å². The summed E-state index contributed by atoms with van der Waals surface area (Å²) in [5.74, 6) is -0.0685. The molecule has 0 saturated carbocycles. The van der Waals surface area contributed by atoms with Crippen LogP contribution in [0.1, 0.15) is 61.4 Å². The van der Waals surface area contributed by atoms with E-state index in [1.54, 1.807) is 24.3 Å².